The largest absolute Gasteiger partial charge is 0.488 e. The molecule has 0 bridgehead atoms. The minimum atomic E-state index is -3.64. The van der Waals surface area contributed by atoms with E-state index < -0.39 is 15.1 Å². The predicted molar refractivity (Wildman–Crippen MR) is 154 cm³/mol. The number of aryl methyl sites for hydroxylation is 1. The van der Waals surface area contributed by atoms with Crippen LogP contribution in [0.3, 0.4) is 0 Å². The third-order valence-electron chi connectivity index (χ3n) is 7.00. The van der Waals surface area contributed by atoms with Gasteiger partial charge in [0.1, 0.15) is 10.8 Å². The molecule has 10 nitrogen and oxygen atoms in total. The average Bonchev–Trinajstić information content (AvgIpc) is 3.62. The molecule has 1 aromatic carbocycles. The number of halogens is 2. The van der Waals surface area contributed by atoms with Crippen molar-refractivity contribution in [3.8, 4) is 5.75 Å². The molecule has 39 heavy (non-hydrogen) atoms. The monoisotopic (exact) mass is 593 g/mol. The van der Waals surface area contributed by atoms with Crippen molar-refractivity contribution in [3.05, 3.63) is 40.1 Å². The van der Waals surface area contributed by atoms with E-state index in [9.17, 15) is 8.42 Å². The van der Waals surface area contributed by atoms with E-state index >= 15 is 0 Å². The number of hydrogen-bond donors (Lipinski definition) is 2. The first-order chi connectivity index (χ1) is 18.5. The SMILES string of the molecule is CC(C)S(=O)(=O)c1nn(C)cc1Nc1nc(Nc2cc(Cl)c(C3CCN(C)CC3)cc2OC2CC2)ncc1Cl. The van der Waals surface area contributed by atoms with Crippen LogP contribution in [0.5, 0.6) is 5.75 Å². The van der Waals surface area contributed by atoms with Gasteiger partial charge in [-0.15, -0.1) is 0 Å². The van der Waals surface area contributed by atoms with Crippen LogP contribution in [0.25, 0.3) is 0 Å². The lowest BCUT2D eigenvalue weighted by Crippen LogP contribution is -2.29. The number of nitrogens with one attached hydrogen (secondary N) is 2. The summed E-state index contributed by atoms with van der Waals surface area (Å²) < 4.78 is 33.4. The molecule has 3 heterocycles. The zero-order chi connectivity index (χ0) is 27.9. The summed E-state index contributed by atoms with van der Waals surface area (Å²) >= 11 is 13.2. The van der Waals surface area contributed by atoms with Crippen LogP contribution in [0.15, 0.2) is 29.6 Å². The molecule has 1 aliphatic carbocycles. The molecule has 0 spiro atoms. The van der Waals surface area contributed by atoms with E-state index in [2.05, 4.69) is 37.6 Å². The lowest BCUT2D eigenvalue weighted by molar-refractivity contribution is 0.254. The van der Waals surface area contributed by atoms with Crippen molar-refractivity contribution >= 4 is 56.2 Å². The van der Waals surface area contributed by atoms with E-state index in [1.54, 1.807) is 27.1 Å². The topological polar surface area (TPSA) is 114 Å². The van der Waals surface area contributed by atoms with Gasteiger partial charge in [-0.05, 0) is 83.3 Å². The Morgan fingerprint density at radius 2 is 1.74 bits per heavy atom. The Kier molecular flexibility index (Phi) is 7.96. The van der Waals surface area contributed by atoms with Gasteiger partial charge in [0.25, 0.3) is 0 Å². The summed E-state index contributed by atoms with van der Waals surface area (Å²) in [6.45, 7) is 5.28. The molecule has 1 saturated heterocycles. The van der Waals surface area contributed by atoms with Crippen LogP contribution in [0.1, 0.15) is 51.0 Å². The Morgan fingerprint density at radius 3 is 2.41 bits per heavy atom. The van der Waals surface area contributed by atoms with Crippen LogP contribution in [-0.4, -0.2) is 64.6 Å². The second-order valence-corrected chi connectivity index (χ2v) is 13.8. The van der Waals surface area contributed by atoms with Crippen LogP contribution in [-0.2, 0) is 16.9 Å². The second kappa shape index (κ2) is 11.1. The fourth-order valence-corrected chi connectivity index (χ4v) is 6.07. The highest BCUT2D eigenvalue weighted by atomic mass is 35.5. The van der Waals surface area contributed by atoms with E-state index in [1.165, 1.54) is 10.9 Å². The molecule has 2 aromatic heterocycles. The summed E-state index contributed by atoms with van der Waals surface area (Å²) in [5.41, 5.74) is 2.03. The van der Waals surface area contributed by atoms with Crippen molar-refractivity contribution in [2.45, 2.75) is 61.8 Å². The number of nitrogens with zero attached hydrogens (tertiary/aromatic N) is 5. The quantitative estimate of drug-likeness (QED) is 0.330. The average molecular weight is 595 g/mol. The minimum absolute atomic E-state index is 0.0689. The maximum Gasteiger partial charge on any atom is 0.229 e. The van der Waals surface area contributed by atoms with Gasteiger partial charge >= 0.3 is 0 Å². The predicted octanol–water partition coefficient (Wildman–Crippen LogP) is 5.54. The summed E-state index contributed by atoms with van der Waals surface area (Å²) in [6.07, 6.45) is 7.33. The van der Waals surface area contributed by atoms with Gasteiger partial charge in [0.15, 0.2) is 5.82 Å². The number of anilines is 4. The molecular weight excluding hydrogens is 561 g/mol. The second-order valence-electron chi connectivity index (χ2n) is 10.5. The molecular formula is C26H33Cl2N7O3S. The molecule has 2 N–H and O–H groups in total. The first-order valence-electron chi connectivity index (χ1n) is 13.0. The van der Waals surface area contributed by atoms with E-state index in [4.69, 9.17) is 27.9 Å². The van der Waals surface area contributed by atoms with Crippen molar-refractivity contribution in [1.29, 1.82) is 0 Å². The molecule has 13 heteroatoms. The van der Waals surface area contributed by atoms with Crippen molar-refractivity contribution in [2.75, 3.05) is 30.8 Å². The maximum absolute atomic E-state index is 12.8. The van der Waals surface area contributed by atoms with Crippen LogP contribution < -0.4 is 15.4 Å². The first kappa shape index (κ1) is 27.9. The highest BCUT2D eigenvalue weighted by Gasteiger charge is 2.29. The van der Waals surface area contributed by atoms with Crippen molar-refractivity contribution < 1.29 is 13.2 Å². The first-order valence-corrected chi connectivity index (χ1v) is 15.3. The summed E-state index contributed by atoms with van der Waals surface area (Å²) in [5.74, 6) is 1.58. The molecule has 5 rings (SSSR count). The lowest BCUT2D eigenvalue weighted by Gasteiger charge is -2.30. The number of benzene rings is 1. The smallest absolute Gasteiger partial charge is 0.229 e. The van der Waals surface area contributed by atoms with E-state index in [0.29, 0.717) is 22.4 Å². The molecule has 0 atom stereocenters. The van der Waals surface area contributed by atoms with Crippen LogP contribution in [0.4, 0.5) is 23.1 Å². The third kappa shape index (κ3) is 6.26. The fourth-order valence-electron chi connectivity index (χ4n) is 4.51. The maximum atomic E-state index is 12.8. The Labute approximate surface area is 239 Å². The number of rotatable bonds is 9. The molecule has 210 valence electrons. The van der Waals surface area contributed by atoms with Gasteiger partial charge in [0.2, 0.25) is 20.8 Å². The van der Waals surface area contributed by atoms with Gasteiger partial charge in [-0.3, -0.25) is 4.68 Å². The molecule has 0 unspecified atom stereocenters. The van der Waals surface area contributed by atoms with Crippen LogP contribution in [0.2, 0.25) is 10.0 Å². The molecule has 0 amide bonds. The highest BCUT2D eigenvalue weighted by Crippen LogP contribution is 2.42. The number of ether oxygens (including phenoxy) is 1. The highest BCUT2D eigenvalue weighted by molar-refractivity contribution is 7.92. The van der Waals surface area contributed by atoms with E-state index in [-0.39, 0.29) is 33.6 Å². The molecule has 2 fully saturated rings. The molecule has 1 saturated carbocycles. The van der Waals surface area contributed by atoms with Crippen molar-refractivity contribution in [3.63, 3.8) is 0 Å². The molecule has 3 aromatic rings. The van der Waals surface area contributed by atoms with Crippen LogP contribution in [0, 0.1) is 0 Å². The standard InChI is InChI=1S/C26H33Cl2N7O3S/c1-15(2)39(36,37)25-22(14-35(4)33-25)30-24-20(28)13-29-26(32-24)31-21-12-19(27)18(11-23(21)38-17-5-6-17)16-7-9-34(3)10-8-16/h11-17H,5-10H2,1-4H3,(H2,29,30,31,32). The van der Waals surface area contributed by atoms with E-state index in [1.807, 2.05) is 12.1 Å². The summed E-state index contributed by atoms with van der Waals surface area (Å²) in [5, 5.41) is 10.6. The number of hydrogen-bond acceptors (Lipinski definition) is 9. The zero-order valence-corrected chi connectivity index (χ0v) is 24.7. The Hall–Kier alpha value is -2.60. The minimum Gasteiger partial charge on any atom is -0.488 e. The molecule has 2 aliphatic rings. The Bertz CT molecular complexity index is 1470. The fraction of sp³-hybridized carbons (Fsp3) is 0.500. The Morgan fingerprint density at radius 1 is 1.03 bits per heavy atom. The normalized spacial score (nSPS) is 17.0. The van der Waals surface area contributed by atoms with Crippen molar-refractivity contribution in [2.24, 2.45) is 7.05 Å². The summed E-state index contributed by atoms with van der Waals surface area (Å²) in [4.78, 5) is 11.2. The summed E-state index contributed by atoms with van der Waals surface area (Å²) in [6, 6.07) is 3.92. The van der Waals surface area contributed by atoms with Gasteiger partial charge < -0.3 is 20.3 Å². The number of likely N-dealkylation sites (tertiary alicyclic amines) is 1. The molecule has 1 aliphatic heterocycles. The van der Waals surface area contributed by atoms with Gasteiger partial charge in [0, 0.05) is 18.3 Å². The number of sulfone groups is 1. The van der Waals surface area contributed by atoms with Gasteiger partial charge in [-0.25, -0.2) is 13.4 Å². The summed E-state index contributed by atoms with van der Waals surface area (Å²) in [7, 11) is 0.150. The van der Waals surface area contributed by atoms with E-state index in [0.717, 1.165) is 44.3 Å². The molecule has 0 radical (unpaired) electrons. The van der Waals surface area contributed by atoms with Gasteiger partial charge in [0.05, 0.1) is 28.9 Å². The zero-order valence-electron chi connectivity index (χ0n) is 22.4. The lowest BCUT2D eigenvalue weighted by atomic mass is 9.89. The van der Waals surface area contributed by atoms with Gasteiger partial charge in [-0.1, -0.05) is 23.2 Å². The number of aromatic nitrogens is 4. The number of piperidine rings is 1. The van der Waals surface area contributed by atoms with Crippen LogP contribution >= 0.6 is 23.2 Å². The third-order valence-corrected chi connectivity index (χ3v) is 9.69. The Balaban J connectivity index is 1.43. The van der Waals surface area contributed by atoms with Crippen molar-refractivity contribution in [1.82, 2.24) is 24.6 Å². The van der Waals surface area contributed by atoms with Gasteiger partial charge in [-0.2, -0.15) is 10.1 Å².